The monoisotopic (exact) mass is 141 g/mol. The van der Waals surface area contributed by atoms with Crippen LogP contribution in [0.15, 0.2) is 0 Å². The van der Waals surface area contributed by atoms with Gasteiger partial charge in [-0.25, -0.2) is 5.32 Å². The Morgan fingerprint density at radius 2 is 1.90 bits per heavy atom. The summed E-state index contributed by atoms with van der Waals surface area (Å²) in [7, 11) is 0. The Morgan fingerprint density at radius 1 is 1.30 bits per heavy atom. The molecular formula is C8H17N2. The summed E-state index contributed by atoms with van der Waals surface area (Å²) in [5.74, 6) is 0.804. The molecule has 1 fully saturated rings. The van der Waals surface area contributed by atoms with Crippen molar-refractivity contribution in [3.63, 3.8) is 0 Å². The van der Waals surface area contributed by atoms with E-state index in [0.29, 0.717) is 0 Å². The van der Waals surface area contributed by atoms with Gasteiger partial charge >= 0.3 is 0 Å². The molecule has 2 nitrogen and oxygen atoms in total. The van der Waals surface area contributed by atoms with Crippen LogP contribution in [0.5, 0.6) is 0 Å². The highest BCUT2D eigenvalue weighted by Gasteiger charge is 2.10. The molecule has 1 rings (SSSR count). The summed E-state index contributed by atoms with van der Waals surface area (Å²) in [5, 5.41) is 4.29. The second-order valence-corrected chi connectivity index (χ2v) is 3.37. The standard InChI is InChI=1S/C8H17N2/c1-8(2)7-10-5-3-9-4-6-10/h8H,3-7H2,1-2H3. The molecule has 0 unspecified atom stereocenters. The summed E-state index contributed by atoms with van der Waals surface area (Å²) in [4.78, 5) is 2.50. The van der Waals surface area contributed by atoms with E-state index in [0.717, 1.165) is 19.0 Å². The molecular weight excluding hydrogens is 124 g/mol. The number of hydrogen-bond acceptors (Lipinski definition) is 1. The van der Waals surface area contributed by atoms with E-state index in [1.54, 1.807) is 0 Å². The number of hydrogen-bond donors (Lipinski definition) is 0. The summed E-state index contributed by atoms with van der Waals surface area (Å²) in [6.45, 7) is 10.2. The lowest BCUT2D eigenvalue weighted by Gasteiger charge is -2.27. The number of rotatable bonds is 2. The third-order valence-electron chi connectivity index (χ3n) is 1.77. The quantitative estimate of drug-likeness (QED) is 0.549. The molecule has 0 aromatic rings. The maximum absolute atomic E-state index is 4.29. The normalized spacial score (nSPS) is 21.9. The van der Waals surface area contributed by atoms with E-state index < -0.39 is 0 Å². The molecule has 0 aromatic heterocycles. The fourth-order valence-electron chi connectivity index (χ4n) is 1.35. The summed E-state index contributed by atoms with van der Waals surface area (Å²) >= 11 is 0. The Kier molecular flexibility index (Phi) is 3.16. The van der Waals surface area contributed by atoms with Crippen molar-refractivity contribution < 1.29 is 0 Å². The molecule has 10 heavy (non-hydrogen) atoms. The van der Waals surface area contributed by atoms with Crippen LogP contribution >= 0.6 is 0 Å². The van der Waals surface area contributed by atoms with Crippen LogP contribution in [0.4, 0.5) is 0 Å². The molecule has 1 aliphatic rings. The van der Waals surface area contributed by atoms with Crippen molar-refractivity contribution in [2.75, 3.05) is 32.7 Å². The van der Waals surface area contributed by atoms with Gasteiger partial charge in [0.05, 0.1) is 0 Å². The Labute approximate surface area is 63.6 Å². The zero-order valence-corrected chi connectivity index (χ0v) is 7.01. The van der Waals surface area contributed by atoms with Crippen molar-refractivity contribution in [2.45, 2.75) is 13.8 Å². The summed E-state index contributed by atoms with van der Waals surface area (Å²) in [6.07, 6.45) is 0. The fraction of sp³-hybridized carbons (Fsp3) is 1.00. The molecule has 0 atom stereocenters. The van der Waals surface area contributed by atoms with E-state index in [2.05, 4.69) is 24.1 Å². The Balaban J connectivity index is 2.13. The molecule has 0 saturated carbocycles. The van der Waals surface area contributed by atoms with Crippen LogP contribution in [-0.2, 0) is 0 Å². The van der Waals surface area contributed by atoms with Crippen LogP contribution in [0.2, 0.25) is 0 Å². The highest BCUT2D eigenvalue weighted by atomic mass is 15.2. The third kappa shape index (κ3) is 2.67. The Morgan fingerprint density at radius 3 is 2.40 bits per heavy atom. The summed E-state index contributed by atoms with van der Waals surface area (Å²) in [6, 6.07) is 0. The average molecular weight is 141 g/mol. The van der Waals surface area contributed by atoms with Crippen LogP contribution in [0.1, 0.15) is 13.8 Å². The lowest BCUT2D eigenvalue weighted by molar-refractivity contribution is 0.215. The Hall–Kier alpha value is -0.0800. The number of nitrogens with zero attached hydrogens (tertiary/aromatic N) is 2. The summed E-state index contributed by atoms with van der Waals surface area (Å²) < 4.78 is 0. The van der Waals surface area contributed by atoms with E-state index in [-0.39, 0.29) is 0 Å². The lowest BCUT2D eigenvalue weighted by Crippen LogP contribution is -2.41. The minimum absolute atomic E-state index is 0.804. The van der Waals surface area contributed by atoms with Gasteiger partial charge in [0.25, 0.3) is 0 Å². The average Bonchev–Trinajstić information content (AvgIpc) is 1.88. The molecule has 1 radical (unpaired) electrons. The smallest absolute Gasteiger partial charge is 0.0261 e. The van der Waals surface area contributed by atoms with Gasteiger partial charge < -0.3 is 4.90 Å². The van der Waals surface area contributed by atoms with Crippen LogP contribution in [0, 0.1) is 5.92 Å². The van der Waals surface area contributed by atoms with Crippen molar-refractivity contribution in [1.82, 2.24) is 10.2 Å². The van der Waals surface area contributed by atoms with E-state index in [1.807, 2.05) is 0 Å². The molecule has 0 spiro atoms. The molecule has 0 amide bonds. The largest absolute Gasteiger partial charge is 0.300 e. The van der Waals surface area contributed by atoms with Gasteiger partial charge in [0.1, 0.15) is 0 Å². The van der Waals surface area contributed by atoms with E-state index in [1.165, 1.54) is 19.6 Å². The van der Waals surface area contributed by atoms with Gasteiger partial charge in [-0.3, -0.25) is 0 Å². The minimum Gasteiger partial charge on any atom is -0.300 e. The van der Waals surface area contributed by atoms with Gasteiger partial charge in [0.2, 0.25) is 0 Å². The van der Waals surface area contributed by atoms with Crippen LogP contribution in [0.3, 0.4) is 0 Å². The first kappa shape index (κ1) is 8.02. The highest BCUT2D eigenvalue weighted by Crippen LogP contribution is 1.99. The Bertz CT molecular complexity index is 85.3. The molecule has 1 aliphatic heterocycles. The minimum atomic E-state index is 0.804. The molecule has 2 heteroatoms. The molecule has 0 aromatic carbocycles. The second-order valence-electron chi connectivity index (χ2n) is 3.37. The van der Waals surface area contributed by atoms with Crippen molar-refractivity contribution in [2.24, 2.45) is 5.92 Å². The third-order valence-corrected chi connectivity index (χ3v) is 1.77. The van der Waals surface area contributed by atoms with Gasteiger partial charge in [0, 0.05) is 32.7 Å². The van der Waals surface area contributed by atoms with Crippen LogP contribution in [-0.4, -0.2) is 37.6 Å². The first-order valence-corrected chi connectivity index (χ1v) is 4.14. The van der Waals surface area contributed by atoms with E-state index in [4.69, 9.17) is 0 Å². The second kappa shape index (κ2) is 3.94. The molecule has 0 N–H and O–H groups in total. The first-order valence-electron chi connectivity index (χ1n) is 4.14. The lowest BCUT2D eigenvalue weighted by atomic mass is 10.2. The van der Waals surface area contributed by atoms with Crippen LogP contribution < -0.4 is 5.32 Å². The molecule has 0 bridgehead atoms. The number of piperazine rings is 1. The zero-order chi connectivity index (χ0) is 7.40. The van der Waals surface area contributed by atoms with Gasteiger partial charge in [-0.1, -0.05) is 13.8 Å². The molecule has 0 aliphatic carbocycles. The maximum atomic E-state index is 4.29. The van der Waals surface area contributed by atoms with Crippen molar-refractivity contribution >= 4 is 0 Å². The zero-order valence-electron chi connectivity index (χ0n) is 7.01. The molecule has 1 heterocycles. The highest BCUT2D eigenvalue weighted by molar-refractivity contribution is 4.67. The van der Waals surface area contributed by atoms with Crippen molar-refractivity contribution in [3.05, 3.63) is 0 Å². The molecule has 59 valence electrons. The van der Waals surface area contributed by atoms with Crippen molar-refractivity contribution in [3.8, 4) is 0 Å². The summed E-state index contributed by atoms with van der Waals surface area (Å²) in [5.41, 5.74) is 0. The predicted octanol–water partition coefficient (Wildman–Crippen LogP) is 0.562. The van der Waals surface area contributed by atoms with Gasteiger partial charge in [-0.15, -0.1) is 0 Å². The molecule has 1 saturated heterocycles. The van der Waals surface area contributed by atoms with Gasteiger partial charge in [-0.2, -0.15) is 0 Å². The SMILES string of the molecule is CC(C)CN1CC[N]CC1. The van der Waals surface area contributed by atoms with Gasteiger partial charge in [-0.05, 0) is 5.92 Å². The van der Waals surface area contributed by atoms with E-state index >= 15 is 0 Å². The topological polar surface area (TPSA) is 17.3 Å². The van der Waals surface area contributed by atoms with Crippen LogP contribution in [0.25, 0.3) is 0 Å². The van der Waals surface area contributed by atoms with Crippen molar-refractivity contribution in [1.29, 1.82) is 0 Å². The predicted molar refractivity (Wildman–Crippen MR) is 43.1 cm³/mol. The van der Waals surface area contributed by atoms with E-state index in [9.17, 15) is 0 Å². The fourth-order valence-corrected chi connectivity index (χ4v) is 1.35. The first-order chi connectivity index (χ1) is 4.79. The maximum Gasteiger partial charge on any atom is 0.0261 e. The van der Waals surface area contributed by atoms with Gasteiger partial charge in [0.15, 0.2) is 0 Å².